The van der Waals surface area contributed by atoms with Gasteiger partial charge in [-0.2, -0.15) is 0 Å². The average Bonchev–Trinajstić information content (AvgIpc) is 2.84. The van der Waals surface area contributed by atoms with Gasteiger partial charge in [-0.25, -0.2) is 4.39 Å². The molecule has 5 heteroatoms. The molecule has 0 bridgehead atoms. The maximum atomic E-state index is 13.0. The van der Waals surface area contributed by atoms with E-state index in [0.29, 0.717) is 18.9 Å². The van der Waals surface area contributed by atoms with Crippen molar-refractivity contribution in [1.29, 1.82) is 0 Å². The highest BCUT2D eigenvalue weighted by atomic mass is 19.1. The molecule has 1 aliphatic carbocycles. The lowest BCUT2D eigenvalue weighted by atomic mass is 10.0. The van der Waals surface area contributed by atoms with E-state index in [2.05, 4.69) is 0 Å². The highest BCUT2D eigenvalue weighted by Gasteiger charge is 2.31. The van der Waals surface area contributed by atoms with Gasteiger partial charge in [-0.05, 0) is 25.0 Å². The van der Waals surface area contributed by atoms with E-state index in [0.717, 1.165) is 19.3 Å². The molecule has 1 fully saturated rings. The van der Waals surface area contributed by atoms with Crippen molar-refractivity contribution in [3.63, 3.8) is 0 Å². The molecule has 1 aromatic rings. The highest BCUT2D eigenvalue weighted by molar-refractivity contribution is 5.79. The van der Waals surface area contributed by atoms with Crippen LogP contribution >= 0.6 is 0 Å². The maximum Gasteiger partial charge on any atom is 0.227 e. The summed E-state index contributed by atoms with van der Waals surface area (Å²) in [7, 11) is 1.75. The Labute approximate surface area is 118 Å². The summed E-state index contributed by atoms with van der Waals surface area (Å²) in [6.45, 7) is 0.812. The third-order valence-electron chi connectivity index (χ3n) is 3.75. The van der Waals surface area contributed by atoms with Gasteiger partial charge in [0, 0.05) is 19.2 Å². The average molecular weight is 280 g/mol. The van der Waals surface area contributed by atoms with Crippen LogP contribution in [-0.4, -0.2) is 37.0 Å². The van der Waals surface area contributed by atoms with Gasteiger partial charge in [-0.1, -0.05) is 12.5 Å². The number of nitrogens with two attached hydrogens (primary N) is 1. The van der Waals surface area contributed by atoms with Crippen LogP contribution in [0.3, 0.4) is 0 Å². The van der Waals surface area contributed by atoms with E-state index in [1.807, 2.05) is 0 Å². The topological polar surface area (TPSA) is 55.6 Å². The standard InChI is InChI=1S/C15H21FN2O2/c1-18(15(19)13-6-3-7-14(13)17)8-9-20-12-5-2-4-11(16)10-12/h2,4-5,10,13-14H,3,6-9,17H2,1H3. The molecule has 20 heavy (non-hydrogen) atoms. The summed E-state index contributed by atoms with van der Waals surface area (Å²) in [5.41, 5.74) is 5.93. The van der Waals surface area contributed by atoms with Crippen molar-refractivity contribution in [3.8, 4) is 5.75 Å². The Morgan fingerprint density at radius 2 is 2.30 bits per heavy atom. The van der Waals surface area contributed by atoms with Crippen LogP contribution in [-0.2, 0) is 4.79 Å². The Morgan fingerprint density at radius 1 is 1.50 bits per heavy atom. The van der Waals surface area contributed by atoms with Crippen molar-refractivity contribution >= 4 is 5.91 Å². The molecular weight excluding hydrogens is 259 g/mol. The van der Waals surface area contributed by atoms with Crippen molar-refractivity contribution in [2.45, 2.75) is 25.3 Å². The Morgan fingerprint density at radius 3 is 2.95 bits per heavy atom. The van der Waals surface area contributed by atoms with E-state index in [-0.39, 0.29) is 23.7 Å². The Bertz CT molecular complexity index is 467. The minimum absolute atomic E-state index is 0.0194. The lowest BCUT2D eigenvalue weighted by Gasteiger charge is -2.23. The molecule has 1 saturated carbocycles. The van der Waals surface area contributed by atoms with Crippen LogP contribution in [0.25, 0.3) is 0 Å². The third kappa shape index (κ3) is 3.70. The van der Waals surface area contributed by atoms with E-state index in [1.165, 1.54) is 12.1 Å². The molecule has 0 aromatic heterocycles. The second-order valence-electron chi connectivity index (χ2n) is 5.27. The molecule has 110 valence electrons. The zero-order chi connectivity index (χ0) is 14.5. The molecule has 0 heterocycles. The summed E-state index contributed by atoms with van der Waals surface area (Å²) in [5, 5.41) is 0. The van der Waals surface area contributed by atoms with Gasteiger partial charge in [-0.3, -0.25) is 4.79 Å². The lowest BCUT2D eigenvalue weighted by molar-refractivity contribution is -0.134. The first-order valence-corrected chi connectivity index (χ1v) is 6.97. The smallest absolute Gasteiger partial charge is 0.227 e. The van der Waals surface area contributed by atoms with Gasteiger partial charge < -0.3 is 15.4 Å². The Kier molecular flexibility index (Phi) is 4.95. The van der Waals surface area contributed by atoms with Crippen molar-refractivity contribution in [3.05, 3.63) is 30.1 Å². The first-order chi connectivity index (χ1) is 9.58. The fourth-order valence-electron chi connectivity index (χ4n) is 2.55. The quantitative estimate of drug-likeness (QED) is 0.894. The number of nitrogens with zero attached hydrogens (tertiary/aromatic N) is 1. The van der Waals surface area contributed by atoms with Gasteiger partial charge in [0.1, 0.15) is 18.2 Å². The molecule has 0 aliphatic heterocycles. The van der Waals surface area contributed by atoms with Crippen molar-refractivity contribution < 1.29 is 13.9 Å². The van der Waals surface area contributed by atoms with Crippen LogP contribution in [0.15, 0.2) is 24.3 Å². The number of hydrogen-bond donors (Lipinski definition) is 1. The van der Waals surface area contributed by atoms with Gasteiger partial charge in [0.25, 0.3) is 0 Å². The number of carbonyl (C=O) groups excluding carboxylic acids is 1. The minimum Gasteiger partial charge on any atom is -0.492 e. The molecule has 2 unspecified atom stereocenters. The van der Waals surface area contributed by atoms with E-state index in [9.17, 15) is 9.18 Å². The normalized spacial score (nSPS) is 21.8. The number of halogens is 1. The summed E-state index contributed by atoms with van der Waals surface area (Å²) < 4.78 is 18.4. The largest absolute Gasteiger partial charge is 0.492 e. The summed E-state index contributed by atoms with van der Waals surface area (Å²) >= 11 is 0. The van der Waals surface area contributed by atoms with Gasteiger partial charge in [0.15, 0.2) is 0 Å². The number of carbonyl (C=O) groups is 1. The SMILES string of the molecule is CN(CCOc1cccc(F)c1)C(=O)C1CCCC1N. The van der Waals surface area contributed by atoms with Crippen LogP contribution in [0.2, 0.25) is 0 Å². The molecule has 1 aliphatic rings. The molecule has 1 aromatic carbocycles. The lowest BCUT2D eigenvalue weighted by Crippen LogP contribution is -2.41. The highest BCUT2D eigenvalue weighted by Crippen LogP contribution is 2.25. The summed E-state index contributed by atoms with van der Waals surface area (Å²) in [4.78, 5) is 13.8. The van der Waals surface area contributed by atoms with Gasteiger partial charge >= 0.3 is 0 Å². The zero-order valence-corrected chi connectivity index (χ0v) is 11.7. The second kappa shape index (κ2) is 6.70. The number of amides is 1. The molecule has 2 rings (SSSR count). The number of ether oxygens (including phenoxy) is 1. The van der Waals surface area contributed by atoms with Crippen molar-refractivity contribution in [1.82, 2.24) is 4.90 Å². The fourth-order valence-corrected chi connectivity index (χ4v) is 2.55. The summed E-state index contributed by atoms with van der Waals surface area (Å²) in [5.74, 6) is 0.166. The van der Waals surface area contributed by atoms with Crippen LogP contribution in [0.4, 0.5) is 4.39 Å². The third-order valence-corrected chi connectivity index (χ3v) is 3.75. The predicted octanol–water partition coefficient (Wildman–Crippen LogP) is 1.79. The number of likely N-dealkylation sites (N-methyl/N-ethyl adjacent to an activating group) is 1. The Hall–Kier alpha value is -1.62. The molecule has 2 atom stereocenters. The molecule has 0 saturated heterocycles. The summed E-state index contributed by atoms with van der Waals surface area (Å²) in [6, 6.07) is 5.96. The fraction of sp³-hybridized carbons (Fsp3) is 0.533. The number of rotatable bonds is 5. The predicted molar refractivity (Wildman–Crippen MR) is 74.8 cm³/mol. The van der Waals surface area contributed by atoms with Crippen LogP contribution < -0.4 is 10.5 Å². The molecule has 4 nitrogen and oxygen atoms in total. The molecule has 0 radical (unpaired) electrons. The first-order valence-electron chi connectivity index (χ1n) is 6.97. The van der Waals surface area contributed by atoms with Crippen molar-refractivity contribution in [2.24, 2.45) is 11.7 Å². The van der Waals surface area contributed by atoms with Gasteiger partial charge in [-0.15, -0.1) is 0 Å². The number of hydrogen-bond acceptors (Lipinski definition) is 3. The Balaban J connectivity index is 1.77. The van der Waals surface area contributed by atoms with Crippen LogP contribution in [0.1, 0.15) is 19.3 Å². The summed E-state index contributed by atoms with van der Waals surface area (Å²) in [6.07, 6.45) is 2.81. The van der Waals surface area contributed by atoms with Gasteiger partial charge in [0.2, 0.25) is 5.91 Å². The van der Waals surface area contributed by atoms with E-state index < -0.39 is 0 Å². The van der Waals surface area contributed by atoms with Crippen LogP contribution in [0, 0.1) is 11.7 Å². The first kappa shape index (κ1) is 14.8. The minimum atomic E-state index is -0.330. The second-order valence-corrected chi connectivity index (χ2v) is 5.27. The van der Waals surface area contributed by atoms with E-state index >= 15 is 0 Å². The molecule has 2 N–H and O–H groups in total. The van der Waals surface area contributed by atoms with E-state index in [4.69, 9.17) is 10.5 Å². The zero-order valence-electron chi connectivity index (χ0n) is 11.7. The molecule has 0 spiro atoms. The van der Waals surface area contributed by atoms with Crippen molar-refractivity contribution in [2.75, 3.05) is 20.2 Å². The van der Waals surface area contributed by atoms with E-state index in [1.54, 1.807) is 24.1 Å². The van der Waals surface area contributed by atoms with Gasteiger partial charge in [0.05, 0.1) is 12.5 Å². The molecular formula is C15H21FN2O2. The van der Waals surface area contributed by atoms with Crippen LogP contribution in [0.5, 0.6) is 5.75 Å². The maximum absolute atomic E-state index is 13.0. The number of benzene rings is 1. The monoisotopic (exact) mass is 280 g/mol. The molecule has 1 amide bonds.